The van der Waals surface area contributed by atoms with E-state index in [-0.39, 0.29) is 12.0 Å². The molecule has 4 rings (SSSR count). The molecule has 7 nitrogen and oxygen atoms in total. The summed E-state index contributed by atoms with van der Waals surface area (Å²) in [5.74, 6) is -1.90. The molecule has 2 saturated carbocycles. The number of aliphatic hydroxyl groups is 2. The first-order valence-electron chi connectivity index (χ1n) is 9.39. The van der Waals surface area contributed by atoms with Crippen LogP contribution in [-0.2, 0) is 23.8 Å². The van der Waals surface area contributed by atoms with Crippen molar-refractivity contribution >= 4 is 11.9 Å². The summed E-state index contributed by atoms with van der Waals surface area (Å²) in [6, 6.07) is 0. The van der Waals surface area contributed by atoms with E-state index in [1.54, 1.807) is 19.9 Å². The van der Waals surface area contributed by atoms with Gasteiger partial charge in [-0.05, 0) is 20.3 Å². The van der Waals surface area contributed by atoms with Crippen LogP contribution in [0.15, 0.2) is 23.8 Å². The zero-order valence-electron chi connectivity index (χ0n) is 15.8. The predicted octanol–water partition coefficient (Wildman–Crippen LogP) is 0.883. The van der Waals surface area contributed by atoms with Gasteiger partial charge in [0.15, 0.2) is 0 Å². The molecule has 2 aliphatic carbocycles. The van der Waals surface area contributed by atoms with Crippen LogP contribution in [0.2, 0.25) is 0 Å². The maximum Gasteiger partial charge on any atom is 0.334 e. The molecule has 4 aliphatic rings. The Balaban J connectivity index is 1.74. The zero-order valence-corrected chi connectivity index (χ0v) is 15.8. The van der Waals surface area contributed by atoms with Crippen LogP contribution >= 0.6 is 0 Å². The molecule has 2 N–H and O–H groups in total. The summed E-state index contributed by atoms with van der Waals surface area (Å²) in [5.41, 5.74) is -0.808. The molecule has 1 spiro atoms. The van der Waals surface area contributed by atoms with E-state index in [1.165, 1.54) is 0 Å². The van der Waals surface area contributed by atoms with E-state index in [1.807, 2.05) is 6.92 Å². The molecule has 27 heavy (non-hydrogen) atoms. The van der Waals surface area contributed by atoms with Crippen molar-refractivity contribution in [3.8, 4) is 0 Å². The monoisotopic (exact) mass is 378 g/mol. The average molecular weight is 378 g/mol. The number of carbonyl (C=O) groups excluding carboxylic acids is 2. The molecular formula is C20H26O7. The second-order valence-corrected chi connectivity index (χ2v) is 8.54. The molecule has 4 fully saturated rings. The van der Waals surface area contributed by atoms with Crippen LogP contribution in [0.25, 0.3) is 0 Å². The molecule has 0 aromatic rings. The van der Waals surface area contributed by atoms with E-state index in [2.05, 4.69) is 6.58 Å². The number of hydrogen-bond acceptors (Lipinski definition) is 7. The molecule has 2 heterocycles. The number of hydrogen-bond donors (Lipinski definition) is 2. The second kappa shape index (κ2) is 5.90. The minimum atomic E-state index is -0.845. The lowest BCUT2D eigenvalue weighted by molar-refractivity contribution is -0.221. The lowest BCUT2D eigenvalue weighted by atomic mass is 9.50. The van der Waals surface area contributed by atoms with Crippen molar-refractivity contribution in [2.45, 2.75) is 63.6 Å². The first kappa shape index (κ1) is 18.7. The number of aliphatic hydroxyl groups excluding tert-OH is 2. The molecule has 2 saturated heterocycles. The van der Waals surface area contributed by atoms with Crippen molar-refractivity contribution in [3.63, 3.8) is 0 Å². The van der Waals surface area contributed by atoms with Crippen LogP contribution in [0, 0.1) is 17.3 Å². The minimum absolute atomic E-state index is 0.217. The molecular weight excluding hydrogens is 352 g/mol. The lowest BCUT2D eigenvalue weighted by Gasteiger charge is -2.57. The van der Waals surface area contributed by atoms with E-state index >= 15 is 0 Å². The summed E-state index contributed by atoms with van der Waals surface area (Å²) in [5, 5.41) is 21.6. The molecule has 0 bridgehead atoms. The molecule has 2 aliphatic heterocycles. The van der Waals surface area contributed by atoms with Gasteiger partial charge in [0.1, 0.15) is 17.8 Å². The molecule has 7 heteroatoms. The highest BCUT2D eigenvalue weighted by Gasteiger charge is 2.75. The topological polar surface area (TPSA) is 106 Å². The fourth-order valence-corrected chi connectivity index (χ4v) is 5.44. The number of epoxide rings is 1. The van der Waals surface area contributed by atoms with Crippen LogP contribution in [0.3, 0.4) is 0 Å². The first-order valence-corrected chi connectivity index (χ1v) is 9.39. The van der Waals surface area contributed by atoms with Crippen molar-refractivity contribution < 1.29 is 34.0 Å². The Morgan fingerprint density at radius 2 is 2.07 bits per heavy atom. The Bertz CT molecular complexity index is 737. The SMILES string of the molecule is C=C1C(=O)OC2C1C(O)CC1(C)C(OC(=O)C(C)=CC)CC(O)C3(CO3)C21. The minimum Gasteiger partial charge on any atom is -0.458 e. The number of rotatable bonds is 2. The fourth-order valence-electron chi connectivity index (χ4n) is 5.44. The maximum atomic E-state index is 12.4. The first-order chi connectivity index (χ1) is 12.7. The van der Waals surface area contributed by atoms with Gasteiger partial charge in [-0.15, -0.1) is 0 Å². The third-order valence-corrected chi connectivity index (χ3v) is 7.11. The van der Waals surface area contributed by atoms with Crippen molar-refractivity contribution in [1.29, 1.82) is 0 Å². The van der Waals surface area contributed by atoms with Gasteiger partial charge in [0.25, 0.3) is 0 Å². The molecule has 148 valence electrons. The summed E-state index contributed by atoms with van der Waals surface area (Å²) in [6.07, 6.45) is -0.777. The number of carbonyl (C=O) groups is 2. The largest absolute Gasteiger partial charge is 0.458 e. The van der Waals surface area contributed by atoms with Crippen molar-refractivity contribution in [2.75, 3.05) is 6.61 Å². The van der Waals surface area contributed by atoms with E-state index in [4.69, 9.17) is 14.2 Å². The normalized spacial score (nSPS) is 48.7. The highest BCUT2D eigenvalue weighted by molar-refractivity contribution is 5.91. The standard InChI is InChI=1S/C20H26O7/c1-5-9(2)17(23)26-13-6-12(22)20(8-25-20)16-15-14(10(3)18(24)27-15)11(21)7-19(13,16)4/h5,11-16,21-22H,3,6-8H2,1-2,4H3. The van der Waals surface area contributed by atoms with Crippen LogP contribution in [0.4, 0.5) is 0 Å². The van der Waals surface area contributed by atoms with Crippen molar-refractivity contribution in [1.82, 2.24) is 0 Å². The Hall–Kier alpha value is -1.70. The summed E-state index contributed by atoms with van der Waals surface area (Å²) in [6.45, 7) is 9.48. The Kier molecular flexibility index (Phi) is 4.07. The van der Waals surface area contributed by atoms with Gasteiger partial charge in [-0.25, -0.2) is 9.59 Å². The van der Waals surface area contributed by atoms with E-state index in [0.29, 0.717) is 18.6 Å². The highest BCUT2D eigenvalue weighted by atomic mass is 16.6. The Labute approximate surface area is 158 Å². The quantitative estimate of drug-likeness (QED) is 0.417. The highest BCUT2D eigenvalue weighted by Crippen LogP contribution is 2.63. The molecule has 0 radical (unpaired) electrons. The number of fused-ring (bicyclic) bond motifs is 4. The molecule has 0 amide bonds. The number of esters is 2. The van der Waals surface area contributed by atoms with Crippen molar-refractivity contribution in [3.05, 3.63) is 23.8 Å². The average Bonchev–Trinajstić information content (AvgIpc) is 3.33. The zero-order chi connectivity index (χ0) is 19.7. The van der Waals surface area contributed by atoms with Crippen LogP contribution in [-0.4, -0.2) is 58.8 Å². The van der Waals surface area contributed by atoms with E-state index < -0.39 is 59.2 Å². The van der Waals surface area contributed by atoms with Crippen LogP contribution in [0.5, 0.6) is 0 Å². The lowest BCUT2D eigenvalue weighted by Crippen LogP contribution is -2.67. The molecule has 8 unspecified atom stereocenters. The van der Waals surface area contributed by atoms with Crippen molar-refractivity contribution in [2.24, 2.45) is 17.3 Å². The van der Waals surface area contributed by atoms with Gasteiger partial charge >= 0.3 is 11.9 Å². The maximum absolute atomic E-state index is 12.4. The molecule has 0 aromatic carbocycles. The van der Waals surface area contributed by atoms with Gasteiger partial charge in [0, 0.05) is 28.9 Å². The van der Waals surface area contributed by atoms with Gasteiger partial charge < -0.3 is 24.4 Å². The van der Waals surface area contributed by atoms with E-state index in [9.17, 15) is 19.8 Å². The fraction of sp³-hybridized carbons (Fsp3) is 0.700. The number of allylic oxidation sites excluding steroid dienone is 1. The third kappa shape index (κ3) is 2.45. The smallest absolute Gasteiger partial charge is 0.334 e. The Morgan fingerprint density at radius 3 is 2.67 bits per heavy atom. The van der Waals surface area contributed by atoms with Gasteiger partial charge in [0.2, 0.25) is 0 Å². The summed E-state index contributed by atoms with van der Waals surface area (Å²) in [7, 11) is 0. The third-order valence-electron chi connectivity index (χ3n) is 7.11. The Morgan fingerprint density at radius 1 is 1.41 bits per heavy atom. The van der Waals surface area contributed by atoms with Gasteiger partial charge in [-0.2, -0.15) is 0 Å². The molecule has 8 atom stereocenters. The predicted molar refractivity (Wildman–Crippen MR) is 93.3 cm³/mol. The summed E-state index contributed by atoms with van der Waals surface area (Å²) >= 11 is 0. The number of ether oxygens (including phenoxy) is 3. The second-order valence-electron chi connectivity index (χ2n) is 8.54. The van der Waals surface area contributed by atoms with E-state index in [0.717, 1.165) is 0 Å². The van der Waals surface area contributed by atoms with Gasteiger partial charge in [-0.1, -0.05) is 19.6 Å². The van der Waals surface area contributed by atoms with Crippen LogP contribution < -0.4 is 0 Å². The van der Waals surface area contributed by atoms with Crippen LogP contribution in [0.1, 0.15) is 33.6 Å². The summed E-state index contributed by atoms with van der Waals surface area (Å²) < 4.78 is 17.1. The summed E-state index contributed by atoms with van der Waals surface area (Å²) in [4.78, 5) is 24.5. The van der Waals surface area contributed by atoms with Gasteiger partial charge in [-0.3, -0.25) is 0 Å². The van der Waals surface area contributed by atoms with Gasteiger partial charge in [0.05, 0.1) is 24.7 Å². The molecule has 0 aromatic heterocycles.